The van der Waals surface area contributed by atoms with Gasteiger partial charge in [-0.25, -0.2) is 4.79 Å². The number of fused-ring (bicyclic) bond motifs is 1. The summed E-state index contributed by atoms with van der Waals surface area (Å²) in [6.07, 6.45) is 3.64. The SMILES string of the molecule is O=C(O)Oc1ccc2c(c1)C=CC2. The minimum absolute atomic E-state index is 0.373. The predicted molar refractivity (Wildman–Crippen MR) is 47.8 cm³/mol. The molecule has 2 rings (SSSR count). The van der Waals surface area contributed by atoms with Crippen LogP contribution in [0.1, 0.15) is 11.1 Å². The van der Waals surface area contributed by atoms with Crippen molar-refractivity contribution in [1.29, 1.82) is 0 Å². The van der Waals surface area contributed by atoms with E-state index in [9.17, 15) is 4.79 Å². The lowest BCUT2D eigenvalue weighted by atomic mass is 10.1. The molecule has 0 aromatic heterocycles. The maximum Gasteiger partial charge on any atom is 0.511 e. The smallest absolute Gasteiger partial charge is 0.449 e. The standard InChI is InChI=1S/C10H8O3/c11-10(12)13-9-5-4-7-2-1-3-8(7)6-9/h1,3-6H,2H2,(H,11,12). The van der Waals surface area contributed by atoms with E-state index in [0.717, 1.165) is 12.0 Å². The normalized spacial score (nSPS) is 12.6. The summed E-state index contributed by atoms with van der Waals surface area (Å²) in [7, 11) is 0. The van der Waals surface area contributed by atoms with Gasteiger partial charge in [0.25, 0.3) is 0 Å². The number of carboxylic acid groups (broad SMARTS) is 1. The van der Waals surface area contributed by atoms with Gasteiger partial charge in [0.05, 0.1) is 0 Å². The molecule has 0 atom stereocenters. The quantitative estimate of drug-likeness (QED) is 0.527. The molecule has 1 aromatic carbocycles. The van der Waals surface area contributed by atoms with E-state index in [-0.39, 0.29) is 0 Å². The van der Waals surface area contributed by atoms with E-state index in [1.54, 1.807) is 12.1 Å². The van der Waals surface area contributed by atoms with Crippen molar-refractivity contribution in [2.24, 2.45) is 0 Å². The minimum Gasteiger partial charge on any atom is -0.449 e. The van der Waals surface area contributed by atoms with Crippen LogP contribution < -0.4 is 4.74 Å². The van der Waals surface area contributed by atoms with E-state index in [1.807, 2.05) is 18.2 Å². The molecule has 0 heterocycles. The summed E-state index contributed by atoms with van der Waals surface area (Å²) in [6, 6.07) is 5.28. The van der Waals surface area contributed by atoms with Crippen LogP contribution in [0.3, 0.4) is 0 Å². The van der Waals surface area contributed by atoms with Crippen LogP contribution in [0.4, 0.5) is 4.79 Å². The largest absolute Gasteiger partial charge is 0.511 e. The van der Waals surface area contributed by atoms with Crippen LogP contribution in [0.5, 0.6) is 5.75 Å². The van der Waals surface area contributed by atoms with E-state index in [1.165, 1.54) is 5.56 Å². The Morgan fingerprint density at radius 3 is 3.08 bits per heavy atom. The summed E-state index contributed by atoms with van der Waals surface area (Å²) in [5.74, 6) is 0.373. The molecule has 0 amide bonds. The highest BCUT2D eigenvalue weighted by atomic mass is 16.7. The summed E-state index contributed by atoms with van der Waals surface area (Å²) in [5, 5.41) is 8.38. The van der Waals surface area contributed by atoms with Gasteiger partial charge in [0, 0.05) is 0 Å². The number of ether oxygens (including phenoxy) is 1. The first kappa shape index (κ1) is 7.86. The summed E-state index contributed by atoms with van der Waals surface area (Å²) < 4.78 is 4.52. The van der Waals surface area contributed by atoms with Gasteiger partial charge in [-0.15, -0.1) is 0 Å². The monoisotopic (exact) mass is 176 g/mol. The molecular weight excluding hydrogens is 168 g/mol. The third kappa shape index (κ3) is 1.54. The van der Waals surface area contributed by atoms with Crippen LogP contribution >= 0.6 is 0 Å². The van der Waals surface area contributed by atoms with E-state index >= 15 is 0 Å². The second-order valence-corrected chi connectivity index (χ2v) is 2.84. The van der Waals surface area contributed by atoms with E-state index < -0.39 is 6.16 Å². The Balaban J connectivity index is 2.30. The number of hydrogen-bond donors (Lipinski definition) is 1. The highest BCUT2D eigenvalue weighted by Gasteiger charge is 2.07. The molecule has 0 fully saturated rings. The van der Waals surface area contributed by atoms with E-state index in [4.69, 9.17) is 5.11 Å². The van der Waals surface area contributed by atoms with Gasteiger partial charge in [-0.05, 0) is 29.7 Å². The zero-order valence-corrected chi connectivity index (χ0v) is 6.86. The second-order valence-electron chi connectivity index (χ2n) is 2.84. The molecule has 0 unspecified atom stereocenters. The van der Waals surface area contributed by atoms with Crippen molar-refractivity contribution in [3.8, 4) is 5.75 Å². The molecule has 0 saturated heterocycles. The topological polar surface area (TPSA) is 46.5 Å². The molecular formula is C10H8O3. The number of carbonyl (C=O) groups is 1. The van der Waals surface area contributed by atoms with Gasteiger partial charge in [0.1, 0.15) is 5.75 Å². The molecule has 0 bridgehead atoms. The zero-order chi connectivity index (χ0) is 9.26. The minimum atomic E-state index is -1.28. The lowest BCUT2D eigenvalue weighted by Gasteiger charge is -2.02. The molecule has 3 heteroatoms. The maximum absolute atomic E-state index is 10.2. The molecule has 1 aromatic rings. The predicted octanol–water partition coefficient (Wildman–Crippen LogP) is 2.31. The van der Waals surface area contributed by atoms with Crippen molar-refractivity contribution in [3.63, 3.8) is 0 Å². The Labute approximate surface area is 75.3 Å². The van der Waals surface area contributed by atoms with Crippen LogP contribution in [0.2, 0.25) is 0 Å². The van der Waals surface area contributed by atoms with Gasteiger partial charge >= 0.3 is 6.16 Å². The van der Waals surface area contributed by atoms with Gasteiger partial charge in [-0.3, -0.25) is 0 Å². The van der Waals surface area contributed by atoms with Crippen molar-refractivity contribution in [3.05, 3.63) is 35.4 Å². The van der Waals surface area contributed by atoms with Crippen molar-refractivity contribution in [1.82, 2.24) is 0 Å². The number of hydrogen-bond acceptors (Lipinski definition) is 2. The summed E-state index contributed by atoms with van der Waals surface area (Å²) >= 11 is 0. The molecule has 0 radical (unpaired) electrons. The fourth-order valence-corrected chi connectivity index (χ4v) is 1.39. The molecule has 1 aliphatic carbocycles. The first-order valence-corrected chi connectivity index (χ1v) is 3.96. The highest BCUT2D eigenvalue weighted by Crippen LogP contribution is 2.24. The third-order valence-electron chi connectivity index (χ3n) is 1.96. The van der Waals surface area contributed by atoms with Crippen LogP contribution in [-0.2, 0) is 6.42 Å². The summed E-state index contributed by atoms with van der Waals surface area (Å²) in [4.78, 5) is 10.2. The van der Waals surface area contributed by atoms with Crippen LogP contribution in [0, 0.1) is 0 Å². The molecule has 1 aliphatic rings. The fraction of sp³-hybridized carbons (Fsp3) is 0.100. The molecule has 3 nitrogen and oxygen atoms in total. The van der Waals surface area contributed by atoms with Crippen LogP contribution in [0.25, 0.3) is 6.08 Å². The Bertz CT molecular complexity index is 380. The third-order valence-corrected chi connectivity index (χ3v) is 1.96. The maximum atomic E-state index is 10.2. The summed E-state index contributed by atoms with van der Waals surface area (Å²) in [5.41, 5.74) is 2.25. The number of rotatable bonds is 1. The lowest BCUT2D eigenvalue weighted by Crippen LogP contribution is -2.03. The van der Waals surface area contributed by atoms with Gasteiger partial charge in [-0.2, -0.15) is 0 Å². The Morgan fingerprint density at radius 2 is 2.31 bits per heavy atom. The number of benzene rings is 1. The van der Waals surface area contributed by atoms with Crippen LogP contribution in [-0.4, -0.2) is 11.3 Å². The molecule has 0 saturated carbocycles. The average molecular weight is 176 g/mol. The second kappa shape index (κ2) is 2.94. The van der Waals surface area contributed by atoms with E-state index in [0.29, 0.717) is 5.75 Å². The van der Waals surface area contributed by atoms with Crippen molar-refractivity contribution >= 4 is 12.2 Å². The fourth-order valence-electron chi connectivity index (χ4n) is 1.39. The molecule has 0 spiro atoms. The van der Waals surface area contributed by atoms with Crippen molar-refractivity contribution in [2.75, 3.05) is 0 Å². The van der Waals surface area contributed by atoms with E-state index in [2.05, 4.69) is 4.74 Å². The van der Waals surface area contributed by atoms with Gasteiger partial charge in [-0.1, -0.05) is 18.2 Å². The van der Waals surface area contributed by atoms with Crippen LogP contribution in [0.15, 0.2) is 24.3 Å². The Kier molecular flexibility index (Phi) is 1.77. The molecule has 1 N–H and O–H groups in total. The number of allylic oxidation sites excluding steroid dienone is 1. The van der Waals surface area contributed by atoms with Gasteiger partial charge in [0.2, 0.25) is 0 Å². The molecule has 13 heavy (non-hydrogen) atoms. The Morgan fingerprint density at radius 1 is 1.46 bits per heavy atom. The average Bonchev–Trinajstić information content (AvgIpc) is 2.49. The lowest BCUT2D eigenvalue weighted by molar-refractivity contribution is 0.144. The summed E-state index contributed by atoms with van der Waals surface area (Å²) in [6.45, 7) is 0. The first-order chi connectivity index (χ1) is 6.25. The zero-order valence-electron chi connectivity index (χ0n) is 6.86. The molecule has 66 valence electrons. The first-order valence-electron chi connectivity index (χ1n) is 3.96. The van der Waals surface area contributed by atoms with Crippen molar-refractivity contribution < 1.29 is 14.6 Å². The molecule has 0 aliphatic heterocycles. The highest BCUT2D eigenvalue weighted by molar-refractivity contribution is 5.65. The van der Waals surface area contributed by atoms with Gasteiger partial charge in [0.15, 0.2) is 0 Å². The Hall–Kier alpha value is -1.77. The van der Waals surface area contributed by atoms with Crippen molar-refractivity contribution in [2.45, 2.75) is 6.42 Å². The van der Waals surface area contributed by atoms with Gasteiger partial charge < -0.3 is 9.84 Å².